The van der Waals surface area contributed by atoms with Gasteiger partial charge in [0.2, 0.25) is 15.9 Å². The highest BCUT2D eigenvalue weighted by atomic mass is 32.2. The van der Waals surface area contributed by atoms with Crippen molar-refractivity contribution in [3.05, 3.63) is 48.3 Å². The highest BCUT2D eigenvalue weighted by Crippen LogP contribution is 2.23. The Kier molecular flexibility index (Phi) is 6.25. The van der Waals surface area contributed by atoms with Crippen LogP contribution >= 0.6 is 0 Å². The molecule has 9 heteroatoms. The van der Waals surface area contributed by atoms with Gasteiger partial charge in [0, 0.05) is 32.4 Å². The molecular weight excluding hydrogens is 366 g/mol. The van der Waals surface area contributed by atoms with Crippen LogP contribution in [0.4, 0.5) is 0 Å². The third-order valence-electron chi connectivity index (χ3n) is 4.63. The maximum atomic E-state index is 13.0. The van der Waals surface area contributed by atoms with E-state index in [1.165, 1.54) is 10.5 Å². The van der Waals surface area contributed by atoms with E-state index in [4.69, 9.17) is 5.73 Å². The van der Waals surface area contributed by atoms with E-state index in [0.717, 1.165) is 5.56 Å². The van der Waals surface area contributed by atoms with Gasteiger partial charge in [-0.05, 0) is 18.4 Å². The number of hydrogen-bond acceptors (Lipinski definition) is 5. The lowest BCUT2D eigenvalue weighted by molar-refractivity contribution is -0.126. The van der Waals surface area contributed by atoms with Crippen molar-refractivity contribution in [2.75, 3.05) is 26.2 Å². The Bertz CT molecular complexity index is 866. The van der Waals surface area contributed by atoms with Crippen molar-refractivity contribution in [3.8, 4) is 0 Å². The summed E-state index contributed by atoms with van der Waals surface area (Å²) < 4.78 is 28.9. The van der Waals surface area contributed by atoms with Crippen molar-refractivity contribution < 1.29 is 13.2 Å². The average Bonchev–Trinajstić information content (AvgIpc) is 3.16. The lowest BCUT2D eigenvalue weighted by Crippen LogP contribution is -2.46. The maximum absolute atomic E-state index is 13.0. The number of nitrogens with two attached hydrogens (primary N) is 1. The first-order valence-electron chi connectivity index (χ1n) is 9.05. The number of piperidine rings is 1. The summed E-state index contributed by atoms with van der Waals surface area (Å²) in [6.07, 6.45) is 4.24. The van der Waals surface area contributed by atoms with Gasteiger partial charge in [-0.15, -0.1) is 0 Å². The molecule has 3 rings (SSSR count). The van der Waals surface area contributed by atoms with Crippen molar-refractivity contribution in [2.24, 2.45) is 11.7 Å². The molecule has 1 unspecified atom stereocenters. The molecule has 0 saturated carbocycles. The van der Waals surface area contributed by atoms with Crippen LogP contribution in [-0.2, 0) is 21.4 Å². The third-order valence-corrected chi connectivity index (χ3v) is 6.45. The van der Waals surface area contributed by atoms with E-state index in [9.17, 15) is 13.2 Å². The van der Waals surface area contributed by atoms with Crippen molar-refractivity contribution in [1.29, 1.82) is 0 Å². The minimum Gasteiger partial charge on any atom is -0.355 e. The van der Waals surface area contributed by atoms with Gasteiger partial charge < -0.3 is 11.1 Å². The van der Waals surface area contributed by atoms with Crippen LogP contribution in [-0.4, -0.2) is 54.6 Å². The summed E-state index contributed by atoms with van der Waals surface area (Å²) in [4.78, 5) is 12.3. The highest BCUT2D eigenvalue weighted by Gasteiger charge is 2.33. The van der Waals surface area contributed by atoms with Gasteiger partial charge in [-0.1, -0.05) is 30.3 Å². The molecule has 0 spiro atoms. The Hall–Kier alpha value is -2.23. The van der Waals surface area contributed by atoms with Crippen LogP contribution < -0.4 is 11.1 Å². The number of amides is 1. The number of aromatic nitrogens is 2. The second kappa shape index (κ2) is 8.64. The Balaban J connectivity index is 1.69. The molecule has 1 atom stereocenters. The molecule has 1 aliphatic rings. The predicted molar refractivity (Wildman–Crippen MR) is 101 cm³/mol. The number of benzene rings is 1. The summed E-state index contributed by atoms with van der Waals surface area (Å²) in [5.74, 6) is -0.487. The monoisotopic (exact) mass is 391 g/mol. The molecule has 1 aromatic heterocycles. The first-order chi connectivity index (χ1) is 13.0. The van der Waals surface area contributed by atoms with Crippen molar-refractivity contribution in [2.45, 2.75) is 24.3 Å². The van der Waals surface area contributed by atoms with Crippen LogP contribution in [0.25, 0.3) is 0 Å². The fourth-order valence-electron chi connectivity index (χ4n) is 3.20. The van der Waals surface area contributed by atoms with E-state index in [1.807, 2.05) is 30.3 Å². The van der Waals surface area contributed by atoms with Gasteiger partial charge in [-0.25, -0.2) is 8.42 Å². The number of sulfonamides is 1. The summed E-state index contributed by atoms with van der Waals surface area (Å²) in [5, 5.41) is 6.93. The number of hydrogen-bond donors (Lipinski definition) is 2. The van der Waals surface area contributed by atoms with Crippen molar-refractivity contribution >= 4 is 15.9 Å². The molecule has 27 heavy (non-hydrogen) atoms. The molecule has 1 aliphatic heterocycles. The van der Waals surface area contributed by atoms with Crippen LogP contribution in [0, 0.1) is 5.92 Å². The summed E-state index contributed by atoms with van der Waals surface area (Å²) >= 11 is 0. The van der Waals surface area contributed by atoms with E-state index >= 15 is 0 Å². The first kappa shape index (κ1) is 19.5. The van der Waals surface area contributed by atoms with Crippen LogP contribution in [0.3, 0.4) is 0 Å². The number of carbonyl (C=O) groups is 1. The van der Waals surface area contributed by atoms with Crippen LogP contribution in [0.15, 0.2) is 47.6 Å². The SMILES string of the molecule is NCCNC(=O)C1CCCN(S(=O)(=O)c2cnn(Cc3ccccc3)c2)C1. The molecule has 1 saturated heterocycles. The Morgan fingerprint density at radius 3 is 2.81 bits per heavy atom. The molecule has 0 radical (unpaired) electrons. The minimum absolute atomic E-state index is 0.139. The van der Waals surface area contributed by atoms with Gasteiger partial charge in [-0.3, -0.25) is 9.48 Å². The molecule has 2 heterocycles. The lowest BCUT2D eigenvalue weighted by Gasteiger charge is -2.30. The van der Waals surface area contributed by atoms with E-state index in [2.05, 4.69) is 10.4 Å². The van der Waals surface area contributed by atoms with Gasteiger partial charge in [0.25, 0.3) is 0 Å². The van der Waals surface area contributed by atoms with Gasteiger partial charge in [-0.2, -0.15) is 9.40 Å². The van der Waals surface area contributed by atoms with Gasteiger partial charge in [0.05, 0.1) is 18.7 Å². The molecule has 1 fully saturated rings. The Morgan fingerprint density at radius 2 is 2.07 bits per heavy atom. The van der Waals surface area contributed by atoms with Crippen molar-refractivity contribution in [1.82, 2.24) is 19.4 Å². The van der Waals surface area contributed by atoms with E-state index in [0.29, 0.717) is 39.0 Å². The Morgan fingerprint density at radius 1 is 1.30 bits per heavy atom. The third kappa shape index (κ3) is 4.74. The smallest absolute Gasteiger partial charge is 0.246 e. The highest BCUT2D eigenvalue weighted by molar-refractivity contribution is 7.89. The fraction of sp³-hybridized carbons (Fsp3) is 0.444. The number of nitrogens with zero attached hydrogens (tertiary/aromatic N) is 3. The topological polar surface area (TPSA) is 110 Å². The standard InChI is InChI=1S/C18H25N5O3S/c19-8-9-20-18(24)16-7-4-10-23(13-16)27(25,26)17-11-21-22(14-17)12-15-5-2-1-3-6-15/h1-3,5-6,11,14,16H,4,7-10,12-13,19H2,(H,20,24). The zero-order valence-corrected chi connectivity index (χ0v) is 15.9. The molecule has 146 valence electrons. The van der Waals surface area contributed by atoms with Gasteiger partial charge in [0.1, 0.15) is 4.90 Å². The number of nitrogens with one attached hydrogen (secondary N) is 1. The predicted octanol–water partition coefficient (Wildman–Crippen LogP) is 0.407. The zero-order chi connectivity index (χ0) is 19.3. The van der Waals surface area contributed by atoms with Crippen LogP contribution in [0.2, 0.25) is 0 Å². The molecule has 1 amide bonds. The van der Waals surface area contributed by atoms with Gasteiger partial charge in [0.15, 0.2) is 0 Å². The average molecular weight is 391 g/mol. The summed E-state index contributed by atoms with van der Waals surface area (Å²) in [6.45, 7) is 1.85. The maximum Gasteiger partial charge on any atom is 0.246 e. The zero-order valence-electron chi connectivity index (χ0n) is 15.1. The van der Waals surface area contributed by atoms with E-state index < -0.39 is 10.0 Å². The summed E-state index contributed by atoms with van der Waals surface area (Å²) in [5.41, 5.74) is 6.45. The second-order valence-corrected chi connectivity index (χ2v) is 8.58. The normalized spacial score (nSPS) is 18.3. The van der Waals surface area contributed by atoms with Gasteiger partial charge >= 0.3 is 0 Å². The molecule has 1 aromatic carbocycles. The van der Waals surface area contributed by atoms with Crippen molar-refractivity contribution in [3.63, 3.8) is 0 Å². The molecule has 2 aromatic rings. The Labute approximate surface area is 159 Å². The molecule has 8 nitrogen and oxygen atoms in total. The molecular formula is C18H25N5O3S. The van der Waals surface area contributed by atoms with Crippen LogP contribution in [0.1, 0.15) is 18.4 Å². The number of carbonyl (C=O) groups excluding carboxylic acids is 1. The van der Waals surface area contributed by atoms with E-state index in [1.54, 1.807) is 10.9 Å². The quantitative estimate of drug-likeness (QED) is 0.710. The van der Waals surface area contributed by atoms with Crippen LogP contribution in [0.5, 0.6) is 0 Å². The van der Waals surface area contributed by atoms with E-state index in [-0.39, 0.29) is 23.3 Å². The number of rotatable bonds is 7. The largest absolute Gasteiger partial charge is 0.355 e. The lowest BCUT2D eigenvalue weighted by atomic mass is 9.99. The first-order valence-corrected chi connectivity index (χ1v) is 10.5. The second-order valence-electron chi connectivity index (χ2n) is 6.64. The summed E-state index contributed by atoms with van der Waals surface area (Å²) in [7, 11) is -3.68. The molecule has 0 aliphatic carbocycles. The fourth-order valence-corrected chi connectivity index (χ4v) is 4.68. The summed E-state index contributed by atoms with van der Waals surface area (Å²) in [6, 6.07) is 9.72. The minimum atomic E-state index is -3.68. The molecule has 0 bridgehead atoms. The molecule has 3 N–H and O–H groups in total.